The minimum atomic E-state index is 0.857. The highest BCUT2D eigenvalue weighted by molar-refractivity contribution is 7.11. The maximum absolute atomic E-state index is 4.31. The molecule has 0 spiro atoms. The zero-order valence-corrected chi connectivity index (χ0v) is 16.4. The lowest BCUT2D eigenvalue weighted by atomic mass is 9.99. The van der Waals surface area contributed by atoms with Crippen LogP contribution in [0.1, 0.15) is 49.3 Å². The van der Waals surface area contributed by atoms with E-state index in [0.717, 1.165) is 31.4 Å². The largest absolute Gasteiger partial charge is 0.356 e. The molecule has 24 heavy (non-hydrogen) atoms. The van der Waals surface area contributed by atoms with Crippen molar-refractivity contribution in [3.63, 3.8) is 0 Å². The van der Waals surface area contributed by atoms with Crippen LogP contribution in [0.5, 0.6) is 0 Å². The molecule has 1 aromatic rings. The Bertz CT molecular complexity index is 489. The number of rotatable bonds is 8. The maximum atomic E-state index is 4.31. The van der Waals surface area contributed by atoms with Gasteiger partial charge >= 0.3 is 0 Å². The monoisotopic (exact) mass is 350 g/mol. The van der Waals surface area contributed by atoms with Crippen molar-refractivity contribution in [2.75, 3.05) is 33.2 Å². The average molecular weight is 351 g/mol. The first kappa shape index (κ1) is 19.3. The number of nitrogens with one attached hydrogen (secondary N) is 2. The Morgan fingerprint density at radius 2 is 1.96 bits per heavy atom. The third kappa shape index (κ3) is 6.81. The van der Waals surface area contributed by atoms with E-state index in [1.165, 1.54) is 55.1 Å². The first-order valence-electron chi connectivity index (χ1n) is 9.45. The van der Waals surface area contributed by atoms with E-state index in [2.05, 4.69) is 46.5 Å². The Morgan fingerprint density at radius 1 is 1.21 bits per heavy atom. The minimum absolute atomic E-state index is 0.857. The third-order valence-corrected chi connectivity index (χ3v) is 6.02. The maximum Gasteiger partial charge on any atom is 0.191 e. The van der Waals surface area contributed by atoms with Crippen molar-refractivity contribution in [2.45, 2.75) is 52.5 Å². The molecule has 2 rings (SSSR count). The van der Waals surface area contributed by atoms with E-state index >= 15 is 0 Å². The summed E-state index contributed by atoms with van der Waals surface area (Å²) in [6, 6.07) is 4.43. The number of aryl methyl sites for hydroxylation is 1. The summed E-state index contributed by atoms with van der Waals surface area (Å²) >= 11 is 1.88. The molecule has 136 valence electrons. The topological polar surface area (TPSA) is 39.7 Å². The molecule has 1 saturated heterocycles. The lowest BCUT2D eigenvalue weighted by Crippen LogP contribution is -2.37. The number of thiophene rings is 1. The summed E-state index contributed by atoms with van der Waals surface area (Å²) in [7, 11) is 1.84. The summed E-state index contributed by atoms with van der Waals surface area (Å²) < 4.78 is 0. The Balaban J connectivity index is 1.55. The molecule has 0 saturated carbocycles. The van der Waals surface area contributed by atoms with Gasteiger partial charge in [-0.15, -0.1) is 11.3 Å². The van der Waals surface area contributed by atoms with Gasteiger partial charge in [0.2, 0.25) is 0 Å². The molecule has 1 aromatic heterocycles. The summed E-state index contributed by atoms with van der Waals surface area (Å²) in [6.45, 7) is 10.3. The van der Waals surface area contributed by atoms with E-state index in [1.807, 2.05) is 18.4 Å². The molecule has 0 unspecified atom stereocenters. The minimum Gasteiger partial charge on any atom is -0.356 e. The smallest absolute Gasteiger partial charge is 0.191 e. The number of unbranched alkanes of at least 4 members (excludes halogenated alkanes) is 1. The first-order valence-corrected chi connectivity index (χ1v) is 10.3. The molecule has 0 aromatic carbocycles. The SMILES string of the molecule is CCc1ccc(CNC(=NC)NCCCCN2CCC(C)CC2)s1. The summed E-state index contributed by atoms with van der Waals surface area (Å²) in [5.74, 6) is 1.84. The Kier molecular flexibility index (Phi) is 8.60. The van der Waals surface area contributed by atoms with Crippen molar-refractivity contribution < 1.29 is 0 Å². The van der Waals surface area contributed by atoms with Gasteiger partial charge in [0.05, 0.1) is 6.54 Å². The van der Waals surface area contributed by atoms with E-state index in [9.17, 15) is 0 Å². The first-order chi connectivity index (χ1) is 11.7. The van der Waals surface area contributed by atoms with E-state index in [4.69, 9.17) is 0 Å². The molecule has 0 bridgehead atoms. The van der Waals surface area contributed by atoms with Crippen molar-refractivity contribution in [1.82, 2.24) is 15.5 Å². The Labute approximate surface area is 151 Å². The number of nitrogens with zero attached hydrogens (tertiary/aromatic N) is 2. The van der Waals surface area contributed by atoms with E-state index in [-0.39, 0.29) is 0 Å². The van der Waals surface area contributed by atoms with Gasteiger partial charge in [0.1, 0.15) is 0 Å². The quantitative estimate of drug-likeness (QED) is 0.428. The number of hydrogen-bond donors (Lipinski definition) is 2. The van der Waals surface area contributed by atoms with E-state index in [0.29, 0.717) is 0 Å². The second-order valence-corrected chi connectivity index (χ2v) is 8.06. The van der Waals surface area contributed by atoms with Crippen LogP contribution in [0.25, 0.3) is 0 Å². The van der Waals surface area contributed by atoms with Gasteiger partial charge in [-0.05, 0) is 69.8 Å². The summed E-state index contributed by atoms with van der Waals surface area (Å²) in [5.41, 5.74) is 0. The van der Waals surface area contributed by atoms with Crippen LogP contribution in [0.3, 0.4) is 0 Å². The molecule has 1 aliphatic heterocycles. The number of guanidine groups is 1. The zero-order chi connectivity index (χ0) is 17.2. The van der Waals surface area contributed by atoms with Crippen molar-refractivity contribution >= 4 is 17.3 Å². The fourth-order valence-corrected chi connectivity index (χ4v) is 3.95. The van der Waals surface area contributed by atoms with Crippen LogP contribution in [0.4, 0.5) is 0 Å². The van der Waals surface area contributed by atoms with Gasteiger partial charge in [0.25, 0.3) is 0 Å². The van der Waals surface area contributed by atoms with Crippen molar-refractivity contribution in [3.8, 4) is 0 Å². The average Bonchev–Trinajstić information content (AvgIpc) is 3.07. The number of hydrogen-bond acceptors (Lipinski definition) is 3. The lowest BCUT2D eigenvalue weighted by molar-refractivity contribution is 0.189. The van der Waals surface area contributed by atoms with Gasteiger partial charge in [-0.1, -0.05) is 13.8 Å². The van der Waals surface area contributed by atoms with Crippen molar-refractivity contribution in [2.24, 2.45) is 10.9 Å². The molecule has 1 fully saturated rings. The van der Waals surface area contributed by atoms with Gasteiger partial charge in [-0.3, -0.25) is 4.99 Å². The molecule has 2 N–H and O–H groups in total. The Morgan fingerprint density at radius 3 is 2.62 bits per heavy atom. The highest BCUT2D eigenvalue weighted by atomic mass is 32.1. The molecule has 0 aliphatic carbocycles. The normalized spacial score (nSPS) is 17.2. The summed E-state index contributed by atoms with van der Waals surface area (Å²) in [4.78, 5) is 9.75. The highest BCUT2D eigenvalue weighted by Crippen LogP contribution is 2.17. The van der Waals surface area contributed by atoms with Crippen molar-refractivity contribution in [1.29, 1.82) is 0 Å². The van der Waals surface area contributed by atoms with E-state index in [1.54, 1.807) is 0 Å². The second-order valence-electron chi connectivity index (χ2n) is 6.81. The fraction of sp³-hybridized carbons (Fsp3) is 0.737. The van der Waals surface area contributed by atoms with Crippen LogP contribution in [0.15, 0.2) is 17.1 Å². The molecule has 0 radical (unpaired) electrons. The lowest BCUT2D eigenvalue weighted by Gasteiger charge is -2.30. The van der Waals surface area contributed by atoms with Crippen LogP contribution in [-0.4, -0.2) is 44.1 Å². The predicted molar refractivity (Wildman–Crippen MR) is 106 cm³/mol. The van der Waals surface area contributed by atoms with Crippen LogP contribution in [0, 0.1) is 5.92 Å². The zero-order valence-electron chi connectivity index (χ0n) is 15.6. The van der Waals surface area contributed by atoms with Crippen LogP contribution < -0.4 is 10.6 Å². The van der Waals surface area contributed by atoms with Crippen molar-refractivity contribution in [3.05, 3.63) is 21.9 Å². The fourth-order valence-electron chi connectivity index (χ4n) is 3.05. The number of aliphatic imine (C=N–C) groups is 1. The standard InChI is InChI=1S/C19H34N4S/c1-4-17-7-8-18(24-17)15-22-19(20-3)21-11-5-6-12-23-13-9-16(2)10-14-23/h7-8,16H,4-6,9-15H2,1-3H3,(H2,20,21,22). The molecule has 0 atom stereocenters. The highest BCUT2D eigenvalue weighted by Gasteiger charge is 2.14. The summed E-state index contributed by atoms with van der Waals surface area (Å²) in [5, 5.41) is 6.84. The molecular formula is C19H34N4S. The molecular weight excluding hydrogens is 316 g/mol. The number of piperidine rings is 1. The Hall–Kier alpha value is -1.07. The molecule has 4 nitrogen and oxygen atoms in total. The molecule has 1 aliphatic rings. The molecule has 2 heterocycles. The van der Waals surface area contributed by atoms with Gasteiger partial charge < -0.3 is 15.5 Å². The molecule has 0 amide bonds. The molecule has 5 heteroatoms. The van der Waals surface area contributed by atoms with Gasteiger partial charge in [-0.2, -0.15) is 0 Å². The van der Waals surface area contributed by atoms with Gasteiger partial charge in [0, 0.05) is 23.3 Å². The summed E-state index contributed by atoms with van der Waals surface area (Å²) in [6.07, 6.45) is 6.33. The van der Waals surface area contributed by atoms with Crippen LogP contribution in [0.2, 0.25) is 0 Å². The van der Waals surface area contributed by atoms with Gasteiger partial charge in [0.15, 0.2) is 5.96 Å². The van der Waals surface area contributed by atoms with Crippen LogP contribution >= 0.6 is 11.3 Å². The van der Waals surface area contributed by atoms with Crippen LogP contribution in [-0.2, 0) is 13.0 Å². The predicted octanol–water partition coefficient (Wildman–Crippen LogP) is 3.49. The number of likely N-dealkylation sites (tertiary alicyclic amines) is 1. The van der Waals surface area contributed by atoms with E-state index < -0.39 is 0 Å². The second kappa shape index (κ2) is 10.7. The third-order valence-electron chi connectivity index (χ3n) is 4.79. The van der Waals surface area contributed by atoms with Gasteiger partial charge in [-0.25, -0.2) is 0 Å².